The van der Waals surface area contributed by atoms with Gasteiger partial charge in [-0.2, -0.15) is 0 Å². The van der Waals surface area contributed by atoms with Crippen molar-refractivity contribution in [2.75, 3.05) is 6.61 Å². The fourth-order valence-corrected chi connectivity index (χ4v) is 2.48. The van der Waals surface area contributed by atoms with Gasteiger partial charge in [0, 0.05) is 5.54 Å². The second-order valence-electron chi connectivity index (χ2n) is 5.39. The summed E-state index contributed by atoms with van der Waals surface area (Å²) in [5.41, 5.74) is 7.67. The first kappa shape index (κ1) is 10.2. The largest absolute Gasteiger partial charge is 0.493 e. The lowest BCUT2D eigenvalue weighted by Crippen LogP contribution is -2.26. The molecule has 2 heteroatoms. The summed E-state index contributed by atoms with van der Waals surface area (Å²) in [7, 11) is 0. The monoisotopic (exact) mass is 217 g/mol. The Morgan fingerprint density at radius 3 is 2.94 bits per heavy atom. The molecule has 1 unspecified atom stereocenters. The average Bonchev–Trinajstić information content (AvgIpc) is 3.05. The first-order chi connectivity index (χ1) is 7.75. The van der Waals surface area contributed by atoms with Crippen molar-refractivity contribution in [1.29, 1.82) is 0 Å². The van der Waals surface area contributed by atoms with E-state index in [9.17, 15) is 0 Å². The second-order valence-corrected chi connectivity index (χ2v) is 5.39. The number of benzene rings is 1. The lowest BCUT2D eigenvalue weighted by Gasteiger charge is -2.26. The fourth-order valence-electron chi connectivity index (χ4n) is 2.48. The van der Waals surface area contributed by atoms with Gasteiger partial charge in [0.05, 0.1) is 6.61 Å². The zero-order valence-corrected chi connectivity index (χ0v) is 9.61. The maximum Gasteiger partial charge on any atom is 0.122 e. The predicted molar refractivity (Wildman–Crippen MR) is 64.5 cm³/mol. The van der Waals surface area contributed by atoms with Gasteiger partial charge in [-0.25, -0.2) is 0 Å². The topological polar surface area (TPSA) is 35.2 Å². The molecule has 2 N–H and O–H groups in total. The molecule has 1 aliphatic carbocycles. The zero-order chi connectivity index (χ0) is 11.0. The van der Waals surface area contributed by atoms with Crippen molar-refractivity contribution in [2.45, 2.75) is 37.6 Å². The summed E-state index contributed by atoms with van der Waals surface area (Å²) in [6, 6.07) is 8.38. The summed E-state index contributed by atoms with van der Waals surface area (Å²) in [6.45, 7) is 0.868. The van der Waals surface area contributed by atoms with Crippen molar-refractivity contribution in [1.82, 2.24) is 0 Å². The van der Waals surface area contributed by atoms with Gasteiger partial charge >= 0.3 is 0 Å². The van der Waals surface area contributed by atoms with E-state index in [-0.39, 0.29) is 5.54 Å². The van der Waals surface area contributed by atoms with E-state index >= 15 is 0 Å². The SMILES string of the molecule is NC1(CCC2COc3ccccc3C2)CC1. The molecule has 2 nitrogen and oxygen atoms in total. The Bertz CT molecular complexity index is 384. The first-order valence-electron chi connectivity index (χ1n) is 6.25. The number of rotatable bonds is 3. The lowest BCUT2D eigenvalue weighted by molar-refractivity contribution is 0.208. The van der Waals surface area contributed by atoms with Crippen molar-refractivity contribution < 1.29 is 4.74 Å². The standard InChI is InChI=1S/C14H19NO/c15-14(7-8-14)6-5-11-9-12-3-1-2-4-13(12)16-10-11/h1-4,11H,5-10,15H2. The molecule has 3 rings (SSSR count). The molecule has 1 atom stereocenters. The fraction of sp³-hybridized carbons (Fsp3) is 0.571. The molecule has 2 aliphatic rings. The molecule has 0 radical (unpaired) electrons. The molecule has 0 aromatic heterocycles. The second kappa shape index (κ2) is 3.77. The minimum atomic E-state index is 0.191. The van der Waals surface area contributed by atoms with Crippen LogP contribution in [0.15, 0.2) is 24.3 Å². The molecule has 1 aromatic rings. The predicted octanol–water partition coefficient (Wildman–Crippen LogP) is 2.51. The molecule has 1 fully saturated rings. The van der Waals surface area contributed by atoms with Crippen LogP contribution < -0.4 is 10.5 Å². The molecule has 1 aliphatic heterocycles. The molecular formula is C14H19NO. The van der Waals surface area contributed by atoms with Crippen LogP contribution in [0.4, 0.5) is 0 Å². The van der Waals surface area contributed by atoms with E-state index in [1.165, 1.54) is 31.2 Å². The highest BCUT2D eigenvalue weighted by Gasteiger charge is 2.38. The van der Waals surface area contributed by atoms with Crippen LogP contribution in [0.25, 0.3) is 0 Å². The highest BCUT2D eigenvalue weighted by molar-refractivity contribution is 5.35. The van der Waals surface area contributed by atoms with Crippen LogP contribution in [0.5, 0.6) is 5.75 Å². The van der Waals surface area contributed by atoms with Gasteiger partial charge in [0.1, 0.15) is 5.75 Å². The summed E-state index contributed by atoms with van der Waals surface area (Å²) in [5.74, 6) is 1.74. The molecule has 0 bridgehead atoms. The third-order valence-corrected chi connectivity index (χ3v) is 3.90. The highest BCUT2D eigenvalue weighted by Crippen LogP contribution is 2.39. The van der Waals surface area contributed by atoms with Gasteiger partial charge in [-0.1, -0.05) is 18.2 Å². The Labute approximate surface area is 96.8 Å². The molecule has 86 valence electrons. The molecule has 0 spiro atoms. The van der Waals surface area contributed by atoms with Crippen molar-refractivity contribution in [3.8, 4) is 5.75 Å². The van der Waals surface area contributed by atoms with Crippen LogP contribution in [-0.4, -0.2) is 12.1 Å². The summed E-state index contributed by atoms with van der Waals surface area (Å²) in [4.78, 5) is 0. The van der Waals surface area contributed by atoms with Gasteiger partial charge in [-0.15, -0.1) is 0 Å². The molecular weight excluding hydrogens is 198 g/mol. The van der Waals surface area contributed by atoms with Crippen molar-refractivity contribution in [3.63, 3.8) is 0 Å². The Morgan fingerprint density at radius 1 is 1.31 bits per heavy atom. The van der Waals surface area contributed by atoms with Crippen molar-refractivity contribution in [2.24, 2.45) is 11.7 Å². The lowest BCUT2D eigenvalue weighted by atomic mass is 9.91. The van der Waals surface area contributed by atoms with E-state index in [4.69, 9.17) is 10.5 Å². The average molecular weight is 217 g/mol. The molecule has 16 heavy (non-hydrogen) atoms. The van der Waals surface area contributed by atoms with E-state index in [1.807, 2.05) is 6.07 Å². The molecule has 1 aromatic carbocycles. The normalized spacial score (nSPS) is 25.7. The number of para-hydroxylation sites is 1. The molecule has 1 saturated carbocycles. The number of ether oxygens (including phenoxy) is 1. The smallest absolute Gasteiger partial charge is 0.122 e. The van der Waals surface area contributed by atoms with E-state index in [0.717, 1.165) is 18.8 Å². The van der Waals surface area contributed by atoms with Crippen LogP contribution in [0, 0.1) is 5.92 Å². The summed E-state index contributed by atoms with van der Waals surface area (Å²) in [5, 5.41) is 0. The van der Waals surface area contributed by atoms with Gasteiger partial charge in [0.15, 0.2) is 0 Å². The van der Waals surface area contributed by atoms with Gasteiger partial charge in [0.25, 0.3) is 0 Å². The van der Waals surface area contributed by atoms with E-state index < -0.39 is 0 Å². The van der Waals surface area contributed by atoms with Gasteiger partial charge in [0.2, 0.25) is 0 Å². The van der Waals surface area contributed by atoms with E-state index in [0.29, 0.717) is 5.92 Å². The zero-order valence-electron chi connectivity index (χ0n) is 9.61. The minimum absolute atomic E-state index is 0.191. The summed E-state index contributed by atoms with van der Waals surface area (Å²) in [6.07, 6.45) is 5.98. The van der Waals surface area contributed by atoms with Crippen molar-refractivity contribution >= 4 is 0 Å². The summed E-state index contributed by atoms with van der Waals surface area (Å²) >= 11 is 0. The van der Waals surface area contributed by atoms with E-state index in [1.54, 1.807) is 0 Å². The number of nitrogens with two attached hydrogens (primary N) is 1. The Morgan fingerprint density at radius 2 is 2.12 bits per heavy atom. The van der Waals surface area contributed by atoms with Crippen LogP contribution >= 0.6 is 0 Å². The van der Waals surface area contributed by atoms with Crippen LogP contribution in [0.2, 0.25) is 0 Å². The highest BCUT2D eigenvalue weighted by atomic mass is 16.5. The third-order valence-electron chi connectivity index (χ3n) is 3.90. The van der Waals surface area contributed by atoms with Crippen molar-refractivity contribution in [3.05, 3.63) is 29.8 Å². The number of hydrogen-bond donors (Lipinski definition) is 1. The Balaban J connectivity index is 1.60. The van der Waals surface area contributed by atoms with Gasteiger partial charge in [-0.05, 0) is 49.7 Å². The van der Waals surface area contributed by atoms with Gasteiger partial charge in [-0.3, -0.25) is 0 Å². The quantitative estimate of drug-likeness (QED) is 0.844. The number of hydrogen-bond acceptors (Lipinski definition) is 2. The Hall–Kier alpha value is -1.02. The van der Waals surface area contributed by atoms with Gasteiger partial charge < -0.3 is 10.5 Å². The van der Waals surface area contributed by atoms with Crippen LogP contribution in [0.1, 0.15) is 31.2 Å². The third kappa shape index (κ3) is 2.07. The van der Waals surface area contributed by atoms with E-state index in [2.05, 4.69) is 18.2 Å². The van der Waals surface area contributed by atoms with Crippen LogP contribution in [-0.2, 0) is 6.42 Å². The first-order valence-corrected chi connectivity index (χ1v) is 6.25. The summed E-state index contributed by atoms with van der Waals surface area (Å²) < 4.78 is 5.78. The number of fused-ring (bicyclic) bond motifs is 1. The minimum Gasteiger partial charge on any atom is -0.493 e. The molecule has 0 amide bonds. The Kier molecular flexibility index (Phi) is 2.40. The maximum atomic E-state index is 6.12. The molecule has 1 heterocycles. The molecule has 0 saturated heterocycles. The van der Waals surface area contributed by atoms with Crippen LogP contribution in [0.3, 0.4) is 0 Å². The maximum absolute atomic E-state index is 6.12.